The molecule has 0 amide bonds. The minimum Gasteiger partial charge on any atom is -0.388 e. The number of hydrogen-bond acceptors (Lipinski definition) is 3. The van der Waals surface area contributed by atoms with Gasteiger partial charge in [-0.25, -0.2) is 0 Å². The minimum atomic E-state index is -0.841. The SMILES string of the molecule is CCN1CCC(O)(C2(C#N)Cc3ccccc3C2)CC1. The number of nitriles is 1. The van der Waals surface area contributed by atoms with Gasteiger partial charge in [0.15, 0.2) is 0 Å². The lowest BCUT2D eigenvalue weighted by molar-refractivity contribution is -0.0929. The van der Waals surface area contributed by atoms with Gasteiger partial charge in [0.25, 0.3) is 0 Å². The molecule has 3 rings (SSSR count). The number of nitrogens with zero attached hydrogens (tertiary/aromatic N) is 2. The van der Waals surface area contributed by atoms with E-state index < -0.39 is 11.0 Å². The number of likely N-dealkylation sites (tertiary alicyclic amines) is 1. The minimum absolute atomic E-state index is 0.628. The summed E-state index contributed by atoms with van der Waals surface area (Å²) in [7, 11) is 0. The van der Waals surface area contributed by atoms with E-state index in [0.717, 1.165) is 19.6 Å². The van der Waals surface area contributed by atoms with Crippen molar-refractivity contribution >= 4 is 0 Å². The maximum absolute atomic E-state index is 11.2. The monoisotopic (exact) mass is 270 g/mol. The van der Waals surface area contributed by atoms with Gasteiger partial charge in [0.2, 0.25) is 0 Å². The summed E-state index contributed by atoms with van der Waals surface area (Å²) in [5.41, 5.74) is 1.00. The van der Waals surface area contributed by atoms with Gasteiger partial charge in [-0.15, -0.1) is 0 Å². The molecule has 1 heterocycles. The van der Waals surface area contributed by atoms with Crippen LogP contribution in [0.15, 0.2) is 24.3 Å². The normalized spacial score (nSPS) is 24.1. The Labute approximate surface area is 120 Å². The first-order valence-electron chi connectivity index (χ1n) is 7.55. The molecule has 1 saturated heterocycles. The van der Waals surface area contributed by atoms with Crippen molar-refractivity contribution < 1.29 is 5.11 Å². The van der Waals surface area contributed by atoms with Crippen LogP contribution in [-0.4, -0.2) is 35.2 Å². The van der Waals surface area contributed by atoms with Crippen molar-refractivity contribution in [3.63, 3.8) is 0 Å². The van der Waals surface area contributed by atoms with E-state index in [0.29, 0.717) is 25.7 Å². The second-order valence-electron chi connectivity index (χ2n) is 6.28. The molecule has 0 saturated carbocycles. The van der Waals surface area contributed by atoms with Crippen molar-refractivity contribution in [1.82, 2.24) is 4.90 Å². The highest BCUT2D eigenvalue weighted by Crippen LogP contribution is 2.48. The van der Waals surface area contributed by atoms with E-state index in [4.69, 9.17) is 0 Å². The summed E-state index contributed by atoms with van der Waals surface area (Å²) < 4.78 is 0. The standard InChI is InChI=1S/C17H22N2O/c1-2-19-9-7-17(20,8-10-19)16(13-18)11-14-5-3-4-6-15(14)12-16/h3-6,20H,2,7-12H2,1H3. The zero-order valence-electron chi connectivity index (χ0n) is 12.1. The summed E-state index contributed by atoms with van der Waals surface area (Å²) in [5.74, 6) is 0. The van der Waals surface area contributed by atoms with Crippen molar-refractivity contribution in [2.75, 3.05) is 19.6 Å². The fourth-order valence-electron chi connectivity index (χ4n) is 3.85. The number of fused-ring (bicyclic) bond motifs is 1. The molecule has 0 radical (unpaired) electrons. The molecule has 1 fully saturated rings. The molecule has 3 heteroatoms. The van der Waals surface area contributed by atoms with Gasteiger partial charge in [-0.1, -0.05) is 31.2 Å². The first-order chi connectivity index (χ1) is 9.62. The van der Waals surface area contributed by atoms with Gasteiger partial charge in [-0.05, 0) is 43.4 Å². The average molecular weight is 270 g/mol. The Morgan fingerprint density at radius 2 is 1.75 bits per heavy atom. The van der Waals surface area contributed by atoms with E-state index in [2.05, 4.69) is 30.0 Å². The molecule has 0 spiro atoms. The van der Waals surface area contributed by atoms with Gasteiger partial charge in [0.1, 0.15) is 0 Å². The Morgan fingerprint density at radius 3 is 2.20 bits per heavy atom. The Morgan fingerprint density at radius 1 is 1.20 bits per heavy atom. The third-order valence-corrected chi connectivity index (χ3v) is 5.34. The van der Waals surface area contributed by atoms with Gasteiger partial charge < -0.3 is 10.0 Å². The largest absolute Gasteiger partial charge is 0.388 e. The van der Waals surface area contributed by atoms with E-state index in [-0.39, 0.29) is 0 Å². The van der Waals surface area contributed by atoms with Crippen molar-refractivity contribution in [3.05, 3.63) is 35.4 Å². The summed E-state index contributed by atoms with van der Waals surface area (Å²) in [4.78, 5) is 2.35. The first kappa shape index (κ1) is 13.6. The van der Waals surface area contributed by atoms with Crippen molar-refractivity contribution in [2.45, 2.75) is 38.2 Å². The van der Waals surface area contributed by atoms with E-state index in [9.17, 15) is 10.4 Å². The zero-order chi connectivity index (χ0) is 14.2. The third-order valence-electron chi connectivity index (χ3n) is 5.34. The second kappa shape index (κ2) is 4.87. The molecule has 1 aliphatic carbocycles. The maximum atomic E-state index is 11.2. The summed E-state index contributed by atoms with van der Waals surface area (Å²) >= 11 is 0. The molecule has 3 nitrogen and oxygen atoms in total. The predicted octanol–water partition coefficient (Wildman–Crippen LogP) is 2.14. The van der Waals surface area contributed by atoms with E-state index in [1.807, 2.05) is 12.1 Å². The fraction of sp³-hybridized carbons (Fsp3) is 0.588. The van der Waals surface area contributed by atoms with E-state index in [1.54, 1.807) is 0 Å². The van der Waals surface area contributed by atoms with Crippen LogP contribution in [0.25, 0.3) is 0 Å². The molecule has 2 aliphatic rings. The Kier molecular flexibility index (Phi) is 3.32. The van der Waals surface area contributed by atoms with Crippen LogP contribution < -0.4 is 0 Å². The predicted molar refractivity (Wildman–Crippen MR) is 78.2 cm³/mol. The van der Waals surface area contributed by atoms with Gasteiger partial charge in [-0.3, -0.25) is 0 Å². The zero-order valence-corrected chi connectivity index (χ0v) is 12.1. The molecule has 20 heavy (non-hydrogen) atoms. The fourth-order valence-corrected chi connectivity index (χ4v) is 3.85. The van der Waals surface area contributed by atoms with Gasteiger partial charge in [-0.2, -0.15) is 5.26 Å². The molecule has 0 unspecified atom stereocenters. The molecule has 1 aliphatic heterocycles. The van der Waals surface area contributed by atoms with E-state index in [1.165, 1.54) is 11.1 Å². The van der Waals surface area contributed by atoms with Crippen LogP contribution in [0.5, 0.6) is 0 Å². The highest BCUT2D eigenvalue weighted by molar-refractivity contribution is 5.39. The number of piperidine rings is 1. The number of rotatable bonds is 2. The quantitative estimate of drug-likeness (QED) is 0.895. The smallest absolute Gasteiger partial charge is 0.0941 e. The van der Waals surface area contributed by atoms with Crippen LogP contribution in [-0.2, 0) is 12.8 Å². The van der Waals surface area contributed by atoms with Crippen LogP contribution in [0.1, 0.15) is 30.9 Å². The first-order valence-corrected chi connectivity index (χ1v) is 7.55. The molecule has 1 aromatic carbocycles. The van der Waals surface area contributed by atoms with Crippen LogP contribution >= 0.6 is 0 Å². The lowest BCUT2D eigenvalue weighted by Crippen LogP contribution is -2.55. The topological polar surface area (TPSA) is 47.3 Å². The summed E-state index contributed by atoms with van der Waals surface area (Å²) in [6.07, 6.45) is 2.81. The summed E-state index contributed by atoms with van der Waals surface area (Å²) in [6.45, 7) is 4.96. The number of aliphatic hydroxyl groups is 1. The Bertz CT molecular complexity index is 513. The van der Waals surface area contributed by atoms with Crippen LogP contribution in [0.4, 0.5) is 0 Å². The molecule has 0 aromatic heterocycles. The van der Waals surface area contributed by atoms with Crippen LogP contribution in [0, 0.1) is 16.7 Å². The maximum Gasteiger partial charge on any atom is 0.0941 e. The van der Waals surface area contributed by atoms with Gasteiger partial charge >= 0.3 is 0 Å². The molecule has 106 valence electrons. The lowest BCUT2D eigenvalue weighted by atomic mass is 9.66. The molecular weight excluding hydrogens is 248 g/mol. The van der Waals surface area contributed by atoms with Crippen molar-refractivity contribution in [2.24, 2.45) is 5.41 Å². The van der Waals surface area contributed by atoms with Crippen LogP contribution in [0.2, 0.25) is 0 Å². The van der Waals surface area contributed by atoms with Crippen molar-refractivity contribution in [3.8, 4) is 6.07 Å². The molecular formula is C17H22N2O. The highest BCUT2D eigenvalue weighted by Gasteiger charge is 2.54. The molecule has 0 atom stereocenters. The average Bonchev–Trinajstić information content (AvgIpc) is 2.88. The lowest BCUT2D eigenvalue weighted by Gasteiger charge is -2.45. The van der Waals surface area contributed by atoms with Crippen LogP contribution in [0.3, 0.4) is 0 Å². The van der Waals surface area contributed by atoms with Gasteiger partial charge in [0.05, 0.1) is 17.1 Å². The molecule has 1 aromatic rings. The third kappa shape index (κ3) is 1.95. The molecule has 1 N–H and O–H groups in total. The highest BCUT2D eigenvalue weighted by atomic mass is 16.3. The summed E-state index contributed by atoms with van der Waals surface area (Å²) in [5, 5.41) is 21.0. The van der Waals surface area contributed by atoms with E-state index >= 15 is 0 Å². The summed E-state index contributed by atoms with van der Waals surface area (Å²) in [6, 6.07) is 10.7. The second-order valence-corrected chi connectivity index (χ2v) is 6.28. The Balaban J connectivity index is 1.87. The van der Waals surface area contributed by atoms with Gasteiger partial charge in [0, 0.05) is 13.1 Å². The number of hydrogen-bond donors (Lipinski definition) is 1. The molecule has 0 bridgehead atoms. The Hall–Kier alpha value is -1.37. The van der Waals surface area contributed by atoms with Crippen molar-refractivity contribution in [1.29, 1.82) is 5.26 Å². The number of benzene rings is 1.